The first-order valence-electron chi connectivity index (χ1n) is 10.1. The molecule has 0 N–H and O–H groups in total. The largest absolute Gasteiger partial charge is 0.489 e. The van der Waals surface area contributed by atoms with E-state index in [1.807, 2.05) is 48.5 Å². The Balaban J connectivity index is 1.69. The molecule has 4 rings (SSSR count). The predicted molar refractivity (Wildman–Crippen MR) is 127 cm³/mol. The van der Waals surface area contributed by atoms with Crippen molar-refractivity contribution in [1.82, 2.24) is 0 Å². The number of methoxy groups -OCH3 is 1. The molecule has 1 unspecified atom stereocenters. The van der Waals surface area contributed by atoms with Gasteiger partial charge in [-0.25, -0.2) is 4.79 Å². The van der Waals surface area contributed by atoms with E-state index in [2.05, 4.69) is 53.2 Å². The zero-order valence-corrected chi connectivity index (χ0v) is 19.1. The van der Waals surface area contributed by atoms with Crippen molar-refractivity contribution in [2.75, 3.05) is 7.11 Å². The zero-order chi connectivity index (χ0) is 21.8. The van der Waals surface area contributed by atoms with Crippen LogP contribution in [0.15, 0.2) is 95.0 Å². The Morgan fingerprint density at radius 2 is 1.77 bits per heavy atom. The van der Waals surface area contributed by atoms with Crippen LogP contribution < -0.4 is 4.74 Å². The van der Waals surface area contributed by atoms with Crippen LogP contribution in [0, 0.1) is 0 Å². The van der Waals surface area contributed by atoms with Crippen LogP contribution in [0.1, 0.15) is 39.9 Å². The minimum absolute atomic E-state index is 0.0381. The van der Waals surface area contributed by atoms with Crippen LogP contribution in [0.2, 0.25) is 0 Å². The Morgan fingerprint density at radius 3 is 2.55 bits per heavy atom. The molecule has 0 fully saturated rings. The number of halogens is 1. The summed E-state index contributed by atoms with van der Waals surface area (Å²) in [5.41, 5.74) is 6.10. The average molecular weight is 475 g/mol. The molecule has 0 aromatic heterocycles. The second-order valence-corrected chi connectivity index (χ2v) is 8.41. The molecule has 3 aromatic rings. The van der Waals surface area contributed by atoms with Gasteiger partial charge in [-0.1, -0.05) is 76.1 Å². The summed E-state index contributed by atoms with van der Waals surface area (Å²) in [6.07, 6.45) is 4.25. The molecule has 1 aliphatic rings. The molecule has 0 heterocycles. The van der Waals surface area contributed by atoms with Gasteiger partial charge in [0.25, 0.3) is 0 Å². The first-order chi connectivity index (χ1) is 15.1. The minimum Gasteiger partial charge on any atom is -0.489 e. The summed E-state index contributed by atoms with van der Waals surface area (Å²) in [5, 5.41) is 0. The fourth-order valence-corrected chi connectivity index (χ4v) is 4.27. The topological polar surface area (TPSA) is 35.5 Å². The van der Waals surface area contributed by atoms with Gasteiger partial charge in [-0.2, -0.15) is 0 Å². The van der Waals surface area contributed by atoms with Crippen molar-refractivity contribution in [2.24, 2.45) is 0 Å². The van der Waals surface area contributed by atoms with E-state index in [0.717, 1.165) is 32.5 Å². The second kappa shape index (κ2) is 9.36. The van der Waals surface area contributed by atoms with Crippen LogP contribution in [-0.4, -0.2) is 13.1 Å². The predicted octanol–water partition coefficient (Wildman–Crippen LogP) is 6.94. The molecular formula is C27H23BrO3. The SMILES string of the molecule is COC(=O)c1cccc(C2=CC=C(C)C2c2cc(Br)ccc2OCc2ccccc2)c1. The maximum atomic E-state index is 12.0. The van der Waals surface area contributed by atoms with Crippen LogP contribution in [0.3, 0.4) is 0 Å². The highest BCUT2D eigenvalue weighted by molar-refractivity contribution is 9.10. The molecule has 3 nitrogen and oxygen atoms in total. The lowest BCUT2D eigenvalue weighted by Crippen LogP contribution is -2.07. The Morgan fingerprint density at radius 1 is 0.968 bits per heavy atom. The lowest BCUT2D eigenvalue weighted by atomic mass is 9.84. The van der Waals surface area contributed by atoms with Gasteiger partial charge in [-0.05, 0) is 54.0 Å². The summed E-state index contributed by atoms with van der Waals surface area (Å²) in [4.78, 5) is 12.0. The quantitative estimate of drug-likeness (QED) is 0.362. The molecule has 156 valence electrons. The van der Waals surface area contributed by atoms with Crippen molar-refractivity contribution < 1.29 is 14.3 Å². The summed E-state index contributed by atoms with van der Waals surface area (Å²) in [6, 6.07) is 23.8. The molecule has 0 saturated heterocycles. The van der Waals surface area contributed by atoms with E-state index in [-0.39, 0.29) is 11.9 Å². The van der Waals surface area contributed by atoms with Crippen molar-refractivity contribution in [2.45, 2.75) is 19.4 Å². The van der Waals surface area contributed by atoms with Crippen molar-refractivity contribution >= 4 is 27.5 Å². The highest BCUT2D eigenvalue weighted by atomic mass is 79.9. The maximum absolute atomic E-state index is 12.0. The van der Waals surface area contributed by atoms with Crippen molar-refractivity contribution in [3.05, 3.63) is 117 Å². The number of rotatable bonds is 6. The first-order valence-corrected chi connectivity index (χ1v) is 10.9. The van der Waals surface area contributed by atoms with Gasteiger partial charge in [0.05, 0.1) is 12.7 Å². The highest BCUT2D eigenvalue weighted by Gasteiger charge is 2.27. The van der Waals surface area contributed by atoms with Crippen LogP contribution in [0.5, 0.6) is 5.75 Å². The first kappa shape index (κ1) is 21.1. The summed E-state index contributed by atoms with van der Waals surface area (Å²) in [5.74, 6) is 0.550. The zero-order valence-electron chi connectivity index (χ0n) is 17.5. The van der Waals surface area contributed by atoms with Crippen molar-refractivity contribution in [3.8, 4) is 5.75 Å². The summed E-state index contributed by atoms with van der Waals surface area (Å²) in [6.45, 7) is 2.63. The smallest absolute Gasteiger partial charge is 0.337 e. The lowest BCUT2D eigenvalue weighted by molar-refractivity contribution is 0.0600. The molecule has 31 heavy (non-hydrogen) atoms. The van der Waals surface area contributed by atoms with Gasteiger partial charge in [-0.3, -0.25) is 0 Å². The van der Waals surface area contributed by atoms with E-state index >= 15 is 0 Å². The molecule has 3 aromatic carbocycles. The van der Waals surface area contributed by atoms with Crippen LogP contribution >= 0.6 is 15.9 Å². The van der Waals surface area contributed by atoms with E-state index in [1.165, 1.54) is 12.7 Å². The van der Waals surface area contributed by atoms with Crippen LogP contribution in [0.25, 0.3) is 5.57 Å². The molecule has 0 radical (unpaired) electrons. The fraction of sp³-hybridized carbons (Fsp3) is 0.148. The molecule has 1 aliphatic carbocycles. The number of carbonyl (C=O) groups excluding carboxylic acids is 1. The summed E-state index contributed by atoms with van der Waals surface area (Å²) in [7, 11) is 1.40. The van der Waals surface area contributed by atoms with Gasteiger partial charge in [0, 0.05) is 16.0 Å². The molecular weight excluding hydrogens is 452 g/mol. The van der Waals surface area contributed by atoms with Gasteiger partial charge >= 0.3 is 5.97 Å². The van der Waals surface area contributed by atoms with Gasteiger partial charge in [-0.15, -0.1) is 0 Å². The monoisotopic (exact) mass is 474 g/mol. The van der Waals surface area contributed by atoms with Gasteiger partial charge in [0.1, 0.15) is 12.4 Å². The van der Waals surface area contributed by atoms with Crippen LogP contribution in [0.4, 0.5) is 0 Å². The second-order valence-electron chi connectivity index (χ2n) is 7.49. The number of benzene rings is 3. The van der Waals surface area contributed by atoms with Gasteiger partial charge < -0.3 is 9.47 Å². The molecule has 0 bridgehead atoms. The molecule has 4 heteroatoms. The van der Waals surface area contributed by atoms with E-state index in [9.17, 15) is 4.79 Å². The Kier molecular flexibility index (Phi) is 6.38. The van der Waals surface area contributed by atoms with Crippen molar-refractivity contribution in [3.63, 3.8) is 0 Å². The normalized spacial score (nSPS) is 15.3. The Labute approximate surface area is 191 Å². The number of carbonyl (C=O) groups is 1. The number of hydrogen-bond acceptors (Lipinski definition) is 3. The van der Waals surface area contributed by atoms with Gasteiger partial charge in [0.2, 0.25) is 0 Å². The summed E-state index contributed by atoms with van der Waals surface area (Å²) < 4.78 is 12.1. The maximum Gasteiger partial charge on any atom is 0.337 e. The standard InChI is InChI=1S/C27H23BrO3/c1-18-11-13-23(20-9-6-10-21(15-20)27(29)30-2)26(18)24-16-22(28)12-14-25(24)31-17-19-7-4-3-5-8-19/h3-16,26H,17H2,1-2H3. The Bertz CT molecular complexity index is 1160. The molecule has 0 aliphatic heterocycles. The Hall–Kier alpha value is -3.11. The molecule has 0 saturated carbocycles. The van der Waals surface area contributed by atoms with Crippen molar-refractivity contribution in [1.29, 1.82) is 0 Å². The molecule has 0 amide bonds. The summed E-state index contributed by atoms with van der Waals surface area (Å²) >= 11 is 3.62. The van der Waals surface area contributed by atoms with E-state index < -0.39 is 0 Å². The molecule has 1 atom stereocenters. The third kappa shape index (κ3) is 4.64. The third-order valence-electron chi connectivity index (χ3n) is 5.43. The molecule has 0 spiro atoms. The third-order valence-corrected chi connectivity index (χ3v) is 5.92. The van der Waals surface area contributed by atoms with Crippen LogP contribution in [-0.2, 0) is 11.3 Å². The number of ether oxygens (including phenoxy) is 2. The number of allylic oxidation sites excluding steroid dienone is 4. The van der Waals surface area contributed by atoms with E-state index in [4.69, 9.17) is 9.47 Å². The highest BCUT2D eigenvalue weighted by Crippen LogP contribution is 2.46. The fourth-order valence-electron chi connectivity index (χ4n) is 3.89. The van der Waals surface area contributed by atoms with E-state index in [0.29, 0.717) is 12.2 Å². The van der Waals surface area contributed by atoms with E-state index in [1.54, 1.807) is 6.07 Å². The minimum atomic E-state index is -0.337. The van der Waals surface area contributed by atoms with Gasteiger partial charge in [0.15, 0.2) is 0 Å². The lowest BCUT2D eigenvalue weighted by Gasteiger charge is -2.22. The number of esters is 1. The number of hydrogen-bond donors (Lipinski definition) is 0. The average Bonchev–Trinajstić information content (AvgIpc) is 3.19.